The van der Waals surface area contributed by atoms with Crippen LogP contribution < -0.4 is 0 Å². The van der Waals surface area contributed by atoms with E-state index < -0.39 is 24.0 Å². The summed E-state index contributed by atoms with van der Waals surface area (Å²) in [5, 5.41) is 25.9. The Hall–Kier alpha value is -1.51. The third-order valence-electron chi connectivity index (χ3n) is 3.07. The van der Waals surface area contributed by atoms with Gasteiger partial charge in [0, 0.05) is 13.0 Å². The number of rotatable bonds is 13. The van der Waals surface area contributed by atoms with Gasteiger partial charge in [0.25, 0.3) is 0 Å². The lowest BCUT2D eigenvalue weighted by Crippen LogP contribution is -2.20. The molecule has 0 amide bonds. The van der Waals surface area contributed by atoms with Gasteiger partial charge in [-0.2, -0.15) is 0 Å². The number of hydrogen-bond acceptors (Lipinski definition) is 7. The molecule has 0 saturated carbocycles. The maximum absolute atomic E-state index is 11.1. The molecule has 0 aromatic carbocycles. The Kier molecular flexibility index (Phi) is 13.2. The first-order valence-electron chi connectivity index (χ1n) is 7.82. The summed E-state index contributed by atoms with van der Waals surface area (Å²) in [6.07, 6.45) is 5.50. The Morgan fingerprint density at radius 2 is 1.48 bits per heavy atom. The number of esters is 2. The largest absolute Gasteiger partial charge is 0.473 e. The second-order valence-corrected chi connectivity index (χ2v) is 5.20. The zero-order valence-electron chi connectivity index (χ0n) is 13.2. The Morgan fingerprint density at radius 3 is 2.04 bits per heavy atom. The zero-order valence-corrected chi connectivity index (χ0v) is 13.2. The molecule has 8 nitrogen and oxygen atoms in total. The van der Waals surface area contributed by atoms with Crippen molar-refractivity contribution in [3.8, 4) is 0 Å². The van der Waals surface area contributed by atoms with Gasteiger partial charge >= 0.3 is 17.9 Å². The van der Waals surface area contributed by atoms with Crippen molar-refractivity contribution in [2.45, 2.75) is 57.5 Å². The number of aliphatic carboxylic acids is 1. The molecule has 0 aliphatic carbocycles. The molecule has 0 spiro atoms. The van der Waals surface area contributed by atoms with Crippen molar-refractivity contribution in [1.29, 1.82) is 0 Å². The van der Waals surface area contributed by atoms with Gasteiger partial charge < -0.3 is 24.8 Å². The van der Waals surface area contributed by atoms with Gasteiger partial charge in [0.2, 0.25) is 0 Å². The SMILES string of the molecule is O=C(CCCCCCCCCOCC(O)CO)OC(=O)C(=O)O. The van der Waals surface area contributed by atoms with E-state index in [2.05, 4.69) is 4.74 Å². The van der Waals surface area contributed by atoms with Crippen LogP contribution >= 0.6 is 0 Å². The molecule has 1 unspecified atom stereocenters. The molecule has 8 heteroatoms. The third kappa shape index (κ3) is 13.8. The van der Waals surface area contributed by atoms with E-state index in [9.17, 15) is 14.4 Å². The quantitative estimate of drug-likeness (QED) is 0.193. The molecule has 0 radical (unpaired) electrons. The molecule has 0 rings (SSSR count). The molecule has 0 bridgehead atoms. The Bertz CT molecular complexity index is 355. The summed E-state index contributed by atoms with van der Waals surface area (Å²) in [7, 11) is 0. The molecule has 0 aliphatic rings. The maximum Gasteiger partial charge on any atom is 0.424 e. The Morgan fingerprint density at radius 1 is 0.913 bits per heavy atom. The molecule has 0 fully saturated rings. The van der Waals surface area contributed by atoms with Crippen LogP contribution in [-0.2, 0) is 23.9 Å². The van der Waals surface area contributed by atoms with Gasteiger partial charge in [-0.1, -0.05) is 32.1 Å². The Labute approximate surface area is 135 Å². The summed E-state index contributed by atoms with van der Waals surface area (Å²) < 4.78 is 9.27. The number of carboxylic acids is 1. The third-order valence-corrected chi connectivity index (χ3v) is 3.07. The number of aliphatic hydroxyl groups excluding tert-OH is 2. The van der Waals surface area contributed by atoms with Crippen molar-refractivity contribution in [2.24, 2.45) is 0 Å². The van der Waals surface area contributed by atoms with E-state index in [1.165, 1.54) is 0 Å². The molecule has 23 heavy (non-hydrogen) atoms. The van der Waals surface area contributed by atoms with Gasteiger partial charge in [0.15, 0.2) is 0 Å². The van der Waals surface area contributed by atoms with E-state index in [1.807, 2.05) is 0 Å². The van der Waals surface area contributed by atoms with Gasteiger partial charge in [-0.3, -0.25) is 4.79 Å². The van der Waals surface area contributed by atoms with Crippen molar-refractivity contribution < 1.29 is 39.2 Å². The fraction of sp³-hybridized carbons (Fsp3) is 0.800. The lowest BCUT2D eigenvalue weighted by Gasteiger charge is -2.07. The average Bonchev–Trinajstić information content (AvgIpc) is 2.51. The number of carbonyl (C=O) groups excluding carboxylic acids is 2. The van der Waals surface area contributed by atoms with Crippen LogP contribution in [0.15, 0.2) is 0 Å². The number of hydrogen-bond donors (Lipinski definition) is 3. The van der Waals surface area contributed by atoms with E-state index >= 15 is 0 Å². The standard InChI is InChI=1S/C15H26O8/c16-10-12(17)11-22-9-7-5-3-1-2-4-6-8-13(18)23-15(21)14(19)20/h12,16-17H,1-11H2,(H,19,20). The fourth-order valence-corrected chi connectivity index (χ4v) is 1.83. The topological polar surface area (TPSA) is 130 Å². The molecule has 134 valence electrons. The summed E-state index contributed by atoms with van der Waals surface area (Å²) in [5.74, 6) is -4.11. The normalized spacial score (nSPS) is 11.9. The highest BCUT2D eigenvalue weighted by Crippen LogP contribution is 2.09. The summed E-state index contributed by atoms with van der Waals surface area (Å²) in [4.78, 5) is 31.9. The highest BCUT2D eigenvalue weighted by atomic mass is 16.6. The van der Waals surface area contributed by atoms with Gasteiger partial charge in [0.1, 0.15) is 6.10 Å². The van der Waals surface area contributed by atoms with Crippen LogP contribution in [0.2, 0.25) is 0 Å². The fourth-order valence-electron chi connectivity index (χ4n) is 1.83. The van der Waals surface area contributed by atoms with Crippen molar-refractivity contribution in [2.75, 3.05) is 19.8 Å². The molecule has 0 heterocycles. The van der Waals surface area contributed by atoms with E-state index in [4.69, 9.17) is 20.1 Å². The smallest absolute Gasteiger partial charge is 0.424 e. The molecule has 1 atom stereocenters. The van der Waals surface area contributed by atoms with Crippen molar-refractivity contribution in [3.63, 3.8) is 0 Å². The molecule has 0 aliphatic heterocycles. The van der Waals surface area contributed by atoms with Crippen molar-refractivity contribution in [3.05, 3.63) is 0 Å². The van der Waals surface area contributed by atoms with Gasteiger partial charge in [0.05, 0.1) is 13.2 Å². The summed E-state index contributed by atoms with van der Waals surface area (Å²) in [6, 6.07) is 0. The summed E-state index contributed by atoms with van der Waals surface area (Å²) in [5.41, 5.74) is 0. The van der Waals surface area contributed by atoms with Crippen LogP contribution in [0.5, 0.6) is 0 Å². The first-order chi connectivity index (χ1) is 11.0. The van der Waals surface area contributed by atoms with Crippen LogP contribution in [0.25, 0.3) is 0 Å². The highest BCUT2D eigenvalue weighted by Gasteiger charge is 2.17. The first kappa shape index (κ1) is 21.5. The molecule has 0 aromatic heterocycles. The monoisotopic (exact) mass is 334 g/mol. The van der Waals surface area contributed by atoms with Crippen LogP contribution in [0, 0.1) is 0 Å². The van der Waals surface area contributed by atoms with Gasteiger partial charge in [-0.25, -0.2) is 9.59 Å². The van der Waals surface area contributed by atoms with Crippen LogP contribution in [0.4, 0.5) is 0 Å². The van der Waals surface area contributed by atoms with E-state index in [-0.39, 0.29) is 19.6 Å². The van der Waals surface area contributed by atoms with Crippen molar-refractivity contribution >= 4 is 17.9 Å². The van der Waals surface area contributed by atoms with Crippen LogP contribution in [0.1, 0.15) is 51.4 Å². The minimum absolute atomic E-state index is 0.0417. The van der Waals surface area contributed by atoms with E-state index in [1.54, 1.807) is 0 Å². The Balaban J connectivity index is 3.29. The number of ether oxygens (including phenoxy) is 2. The van der Waals surface area contributed by atoms with E-state index in [0.29, 0.717) is 13.0 Å². The van der Waals surface area contributed by atoms with E-state index in [0.717, 1.165) is 38.5 Å². The minimum atomic E-state index is -1.77. The number of unbranched alkanes of at least 4 members (excludes halogenated alkanes) is 6. The molecule has 0 saturated heterocycles. The van der Waals surface area contributed by atoms with Gasteiger partial charge in [-0.15, -0.1) is 0 Å². The lowest BCUT2D eigenvalue weighted by atomic mass is 10.1. The first-order valence-corrected chi connectivity index (χ1v) is 7.82. The van der Waals surface area contributed by atoms with Gasteiger partial charge in [-0.05, 0) is 12.8 Å². The minimum Gasteiger partial charge on any atom is -0.473 e. The van der Waals surface area contributed by atoms with Crippen molar-refractivity contribution in [1.82, 2.24) is 0 Å². The second kappa shape index (κ2) is 14.1. The lowest BCUT2D eigenvalue weighted by molar-refractivity contribution is -0.170. The number of carbonyl (C=O) groups is 3. The molecular weight excluding hydrogens is 308 g/mol. The number of carboxylic acid groups (broad SMARTS) is 1. The predicted octanol–water partition coefficient (Wildman–Crippen LogP) is 0.631. The summed E-state index contributed by atoms with van der Waals surface area (Å²) >= 11 is 0. The second-order valence-electron chi connectivity index (χ2n) is 5.20. The summed E-state index contributed by atoms with van der Waals surface area (Å²) in [6.45, 7) is 0.412. The molecule has 3 N–H and O–H groups in total. The molecule has 0 aromatic rings. The average molecular weight is 334 g/mol. The van der Waals surface area contributed by atoms with Crippen LogP contribution in [0.3, 0.4) is 0 Å². The van der Waals surface area contributed by atoms with Crippen LogP contribution in [-0.4, -0.2) is 59.2 Å². The highest BCUT2D eigenvalue weighted by molar-refractivity contribution is 6.30. The number of aliphatic hydroxyl groups is 2. The molecular formula is C15H26O8. The predicted molar refractivity (Wildman–Crippen MR) is 79.6 cm³/mol. The zero-order chi connectivity index (χ0) is 17.5. The maximum atomic E-state index is 11.1.